The summed E-state index contributed by atoms with van der Waals surface area (Å²) in [6.45, 7) is 0.701. The van der Waals surface area contributed by atoms with Gasteiger partial charge < -0.3 is 10.6 Å². The highest BCUT2D eigenvalue weighted by Gasteiger charge is 2.21. The largest absolute Gasteiger partial charge is 0.380 e. The molecule has 5 heteroatoms. The van der Waals surface area contributed by atoms with Gasteiger partial charge in [-0.15, -0.1) is 0 Å². The first-order chi connectivity index (χ1) is 11.7. The van der Waals surface area contributed by atoms with Gasteiger partial charge in [-0.05, 0) is 42.7 Å². The zero-order valence-electron chi connectivity index (χ0n) is 13.6. The van der Waals surface area contributed by atoms with E-state index in [4.69, 9.17) is 11.6 Å². The predicted octanol–water partition coefficient (Wildman–Crippen LogP) is 4.87. The zero-order chi connectivity index (χ0) is 16.8. The van der Waals surface area contributed by atoms with Crippen LogP contribution in [0, 0.1) is 5.92 Å². The molecule has 1 fully saturated rings. The molecule has 2 aromatic rings. The van der Waals surface area contributed by atoms with Gasteiger partial charge in [-0.3, -0.25) is 4.79 Å². The molecule has 1 heterocycles. The van der Waals surface area contributed by atoms with Crippen molar-refractivity contribution in [2.45, 2.75) is 38.6 Å². The molecule has 4 nitrogen and oxygen atoms in total. The predicted molar refractivity (Wildman–Crippen MR) is 98.2 cm³/mol. The molecule has 24 heavy (non-hydrogen) atoms. The molecule has 1 aromatic heterocycles. The van der Waals surface area contributed by atoms with Crippen molar-refractivity contribution in [2.24, 2.45) is 5.92 Å². The lowest BCUT2D eigenvalue weighted by Gasteiger charge is -2.20. The van der Waals surface area contributed by atoms with Crippen molar-refractivity contribution < 1.29 is 4.79 Å². The van der Waals surface area contributed by atoms with Gasteiger partial charge in [0.15, 0.2) is 0 Å². The lowest BCUT2D eigenvalue weighted by Crippen LogP contribution is -2.25. The maximum absolute atomic E-state index is 12.2. The van der Waals surface area contributed by atoms with Gasteiger partial charge in [0, 0.05) is 17.5 Å². The number of amides is 1. The first-order valence-corrected chi connectivity index (χ1v) is 8.84. The Hall–Kier alpha value is -2.07. The fourth-order valence-corrected chi connectivity index (χ4v) is 3.10. The highest BCUT2D eigenvalue weighted by molar-refractivity contribution is 6.30. The van der Waals surface area contributed by atoms with E-state index in [1.165, 1.54) is 6.42 Å². The third-order valence-electron chi connectivity index (χ3n) is 4.40. The van der Waals surface area contributed by atoms with Crippen molar-refractivity contribution in [3.8, 4) is 0 Å². The van der Waals surface area contributed by atoms with Gasteiger partial charge in [0.1, 0.15) is 5.82 Å². The molecule has 0 unspecified atom stereocenters. The van der Waals surface area contributed by atoms with Gasteiger partial charge in [-0.2, -0.15) is 0 Å². The number of nitrogens with zero attached hydrogens (tertiary/aromatic N) is 1. The summed E-state index contributed by atoms with van der Waals surface area (Å²) >= 11 is 5.88. The van der Waals surface area contributed by atoms with Crippen molar-refractivity contribution in [3.05, 3.63) is 53.2 Å². The summed E-state index contributed by atoms with van der Waals surface area (Å²) in [5.41, 5.74) is 2.06. The molecule has 0 spiro atoms. The molecule has 3 rings (SSSR count). The van der Waals surface area contributed by atoms with Crippen LogP contribution in [-0.2, 0) is 11.3 Å². The molecular formula is C19H22ClN3O. The van der Waals surface area contributed by atoms with Gasteiger partial charge in [0.25, 0.3) is 0 Å². The second-order valence-electron chi connectivity index (χ2n) is 6.24. The molecule has 126 valence electrons. The van der Waals surface area contributed by atoms with Crippen molar-refractivity contribution in [3.63, 3.8) is 0 Å². The number of hydrogen-bond acceptors (Lipinski definition) is 3. The van der Waals surface area contributed by atoms with Crippen LogP contribution in [0.15, 0.2) is 42.6 Å². The third kappa shape index (κ3) is 4.71. The molecule has 1 aromatic carbocycles. The molecule has 1 amide bonds. The normalized spacial score (nSPS) is 15.0. The molecule has 1 aliphatic rings. The number of rotatable bonds is 5. The van der Waals surface area contributed by atoms with E-state index < -0.39 is 0 Å². The monoisotopic (exact) mass is 343 g/mol. The fourth-order valence-electron chi connectivity index (χ4n) is 2.97. The Kier molecular flexibility index (Phi) is 5.70. The van der Waals surface area contributed by atoms with Gasteiger partial charge >= 0.3 is 0 Å². The van der Waals surface area contributed by atoms with Crippen LogP contribution in [-0.4, -0.2) is 10.9 Å². The number of pyridine rings is 1. The highest BCUT2D eigenvalue weighted by Crippen LogP contribution is 2.24. The number of anilines is 2. The Morgan fingerprint density at radius 3 is 2.50 bits per heavy atom. The van der Waals surface area contributed by atoms with Crippen molar-refractivity contribution in [1.82, 2.24) is 4.98 Å². The summed E-state index contributed by atoms with van der Waals surface area (Å²) in [7, 11) is 0. The van der Waals surface area contributed by atoms with Crippen molar-refractivity contribution in [1.29, 1.82) is 0 Å². The summed E-state index contributed by atoms with van der Waals surface area (Å²) in [6, 6.07) is 11.5. The van der Waals surface area contributed by atoms with Crippen LogP contribution >= 0.6 is 11.6 Å². The quantitative estimate of drug-likeness (QED) is 0.814. The molecule has 1 saturated carbocycles. The first kappa shape index (κ1) is 16.8. The Bertz CT molecular complexity index is 664. The van der Waals surface area contributed by atoms with Crippen molar-refractivity contribution in [2.75, 3.05) is 10.6 Å². The van der Waals surface area contributed by atoms with Crippen LogP contribution in [0.1, 0.15) is 37.7 Å². The highest BCUT2D eigenvalue weighted by atomic mass is 35.5. The lowest BCUT2D eigenvalue weighted by molar-refractivity contribution is -0.120. The second-order valence-corrected chi connectivity index (χ2v) is 6.67. The molecule has 0 bridgehead atoms. The smallest absolute Gasteiger partial charge is 0.228 e. The molecule has 1 aliphatic carbocycles. The number of halogens is 1. The van der Waals surface area contributed by atoms with E-state index in [0.717, 1.165) is 42.0 Å². The number of carbonyl (C=O) groups is 1. The Morgan fingerprint density at radius 1 is 1.08 bits per heavy atom. The average molecular weight is 344 g/mol. The fraction of sp³-hybridized carbons (Fsp3) is 0.368. The van der Waals surface area contributed by atoms with Crippen LogP contribution in [0.25, 0.3) is 0 Å². The Morgan fingerprint density at radius 2 is 1.83 bits per heavy atom. The SMILES string of the molecule is O=C(Nc1ccc(NCc2ccc(Cl)cc2)cn1)C1CCCCC1. The second kappa shape index (κ2) is 8.15. The van der Waals surface area contributed by atoms with Crippen LogP contribution in [0.4, 0.5) is 11.5 Å². The summed E-state index contributed by atoms with van der Waals surface area (Å²) < 4.78 is 0. The first-order valence-electron chi connectivity index (χ1n) is 8.46. The standard InChI is InChI=1S/C19H22ClN3O/c20-16-8-6-14(7-9-16)12-21-17-10-11-18(22-13-17)23-19(24)15-4-2-1-3-5-15/h6-11,13,15,21H,1-5,12H2,(H,22,23,24). The van der Waals surface area contributed by atoms with Gasteiger partial charge in [0.2, 0.25) is 5.91 Å². The topological polar surface area (TPSA) is 54.0 Å². The number of benzene rings is 1. The molecule has 0 radical (unpaired) electrons. The maximum Gasteiger partial charge on any atom is 0.228 e. The molecule has 2 N–H and O–H groups in total. The summed E-state index contributed by atoms with van der Waals surface area (Å²) in [6.07, 6.45) is 7.28. The van der Waals surface area contributed by atoms with Crippen LogP contribution < -0.4 is 10.6 Å². The lowest BCUT2D eigenvalue weighted by atomic mass is 9.89. The zero-order valence-corrected chi connectivity index (χ0v) is 14.4. The number of nitrogens with one attached hydrogen (secondary N) is 2. The van der Waals surface area contributed by atoms with E-state index >= 15 is 0 Å². The number of hydrogen-bond donors (Lipinski definition) is 2. The van der Waals surface area contributed by atoms with Gasteiger partial charge in [-0.25, -0.2) is 4.98 Å². The van der Waals surface area contributed by atoms with Crippen LogP contribution in [0.2, 0.25) is 5.02 Å². The average Bonchev–Trinajstić information content (AvgIpc) is 2.63. The minimum Gasteiger partial charge on any atom is -0.380 e. The summed E-state index contributed by atoms with van der Waals surface area (Å²) in [5, 5.41) is 6.97. The molecular weight excluding hydrogens is 322 g/mol. The van der Waals surface area contributed by atoms with E-state index in [1.54, 1.807) is 6.20 Å². The van der Waals surface area contributed by atoms with Crippen LogP contribution in [0.3, 0.4) is 0 Å². The molecule has 0 aliphatic heterocycles. The van der Waals surface area contributed by atoms with Gasteiger partial charge in [-0.1, -0.05) is 43.0 Å². The van der Waals surface area contributed by atoms with Gasteiger partial charge in [0.05, 0.1) is 11.9 Å². The summed E-state index contributed by atoms with van der Waals surface area (Å²) in [5.74, 6) is 0.856. The van der Waals surface area contributed by atoms with E-state index in [-0.39, 0.29) is 11.8 Å². The Balaban J connectivity index is 1.51. The number of carbonyl (C=O) groups excluding carboxylic acids is 1. The minimum absolute atomic E-state index is 0.101. The van der Waals surface area contributed by atoms with E-state index in [9.17, 15) is 4.79 Å². The molecule has 0 saturated heterocycles. The third-order valence-corrected chi connectivity index (χ3v) is 4.65. The minimum atomic E-state index is 0.101. The molecule has 0 atom stereocenters. The van der Waals surface area contributed by atoms with E-state index in [0.29, 0.717) is 12.4 Å². The van der Waals surface area contributed by atoms with E-state index in [2.05, 4.69) is 15.6 Å². The van der Waals surface area contributed by atoms with E-state index in [1.807, 2.05) is 36.4 Å². The Labute approximate surface area is 147 Å². The van der Waals surface area contributed by atoms with Crippen LogP contribution in [0.5, 0.6) is 0 Å². The van der Waals surface area contributed by atoms with Crippen molar-refractivity contribution >= 4 is 29.0 Å². The maximum atomic E-state index is 12.2. The summed E-state index contributed by atoms with van der Waals surface area (Å²) in [4.78, 5) is 16.5. The number of aromatic nitrogens is 1.